The van der Waals surface area contributed by atoms with Gasteiger partial charge in [0, 0.05) is 13.5 Å². The molecule has 19 heavy (non-hydrogen) atoms. The number of hydrogen-bond donors (Lipinski definition) is 1. The van der Waals surface area contributed by atoms with Gasteiger partial charge in [-0.25, -0.2) is 0 Å². The lowest BCUT2D eigenvalue weighted by atomic mass is 10.0. The van der Waals surface area contributed by atoms with E-state index in [-0.39, 0.29) is 0 Å². The van der Waals surface area contributed by atoms with Gasteiger partial charge in [0.15, 0.2) is 0 Å². The van der Waals surface area contributed by atoms with Crippen LogP contribution in [0.4, 0.5) is 5.88 Å². The number of rotatable bonds is 5. The SMILES string of the molecule is COCCc1noc(N)c1-c1ccc(C)c(OC)c1. The summed E-state index contributed by atoms with van der Waals surface area (Å²) in [4.78, 5) is 0. The molecule has 0 fully saturated rings. The van der Waals surface area contributed by atoms with Gasteiger partial charge >= 0.3 is 0 Å². The summed E-state index contributed by atoms with van der Waals surface area (Å²) in [6.45, 7) is 2.56. The smallest absolute Gasteiger partial charge is 0.230 e. The first-order valence-electron chi connectivity index (χ1n) is 6.05. The summed E-state index contributed by atoms with van der Waals surface area (Å²) in [5.74, 6) is 1.13. The Morgan fingerprint density at radius 1 is 1.32 bits per heavy atom. The van der Waals surface area contributed by atoms with E-state index < -0.39 is 0 Å². The standard InChI is InChI=1S/C14H18N2O3/c1-9-4-5-10(8-12(9)18-3)13-11(6-7-17-2)16-19-14(13)15/h4-5,8H,6-7,15H2,1-3H3. The van der Waals surface area contributed by atoms with Gasteiger partial charge in [-0.2, -0.15) is 0 Å². The van der Waals surface area contributed by atoms with E-state index in [4.69, 9.17) is 19.7 Å². The summed E-state index contributed by atoms with van der Waals surface area (Å²) in [6.07, 6.45) is 0.655. The van der Waals surface area contributed by atoms with Crippen molar-refractivity contribution in [3.05, 3.63) is 29.5 Å². The van der Waals surface area contributed by atoms with Gasteiger partial charge in [0.2, 0.25) is 5.88 Å². The third kappa shape index (κ3) is 2.71. The van der Waals surface area contributed by atoms with Crippen LogP contribution in [0.3, 0.4) is 0 Å². The van der Waals surface area contributed by atoms with E-state index in [0.717, 1.165) is 28.1 Å². The van der Waals surface area contributed by atoms with Gasteiger partial charge < -0.3 is 19.7 Å². The highest BCUT2D eigenvalue weighted by Crippen LogP contribution is 2.33. The Balaban J connectivity index is 2.43. The lowest BCUT2D eigenvalue weighted by Gasteiger charge is -2.08. The van der Waals surface area contributed by atoms with Gasteiger partial charge in [0.05, 0.1) is 25.0 Å². The van der Waals surface area contributed by atoms with Gasteiger partial charge in [-0.1, -0.05) is 17.3 Å². The van der Waals surface area contributed by atoms with Crippen molar-refractivity contribution in [1.82, 2.24) is 5.16 Å². The minimum atomic E-state index is 0.317. The second-order valence-corrected chi connectivity index (χ2v) is 4.30. The number of nitrogens with two attached hydrogens (primary N) is 1. The topological polar surface area (TPSA) is 70.5 Å². The average molecular weight is 262 g/mol. The molecule has 0 aliphatic rings. The molecule has 1 aromatic carbocycles. The summed E-state index contributed by atoms with van der Waals surface area (Å²) >= 11 is 0. The van der Waals surface area contributed by atoms with Crippen LogP contribution in [0.1, 0.15) is 11.3 Å². The minimum absolute atomic E-state index is 0.317. The van der Waals surface area contributed by atoms with Crippen molar-refractivity contribution in [2.24, 2.45) is 0 Å². The van der Waals surface area contributed by atoms with Crippen LogP contribution < -0.4 is 10.5 Å². The fraction of sp³-hybridized carbons (Fsp3) is 0.357. The second kappa shape index (κ2) is 5.75. The zero-order chi connectivity index (χ0) is 13.8. The predicted octanol–water partition coefficient (Wildman–Crippen LogP) is 2.43. The number of ether oxygens (including phenoxy) is 2. The molecule has 2 N–H and O–H groups in total. The van der Waals surface area contributed by atoms with Crippen molar-refractivity contribution in [1.29, 1.82) is 0 Å². The molecule has 102 valence electrons. The van der Waals surface area contributed by atoms with Crippen LogP contribution in [0.5, 0.6) is 5.75 Å². The number of methoxy groups -OCH3 is 2. The minimum Gasteiger partial charge on any atom is -0.496 e. The molecule has 0 saturated carbocycles. The Bertz CT molecular complexity index is 564. The van der Waals surface area contributed by atoms with Crippen LogP contribution in [0.25, 0.3) is 11.1 Å². The van der Waals surface area contributed by atoms with E-state index in [0.29, 0.717) is 18.9 Å². The molecule has 0 aliphatic heterocycles. The van der Waals surface area contributed by atoms with E-state index >= 15 is 0 Å². The summed E-state index contributed by atoms with van der Waals surface area (Å²) in [6, 6.07) is 5.91. The molecule has 1 aromatic heterocycles. The van der Waals surface area contributed by atoms with Gasteiger partial charge in [0.25, 0.3) is 0 Å². The molecule has 0 saturated heterocycles. The van der Waals surface area contributed by atoms with Crippen LogP contribution in [-0.2, 0) is 11.2 Å². The molecule has 0 atom stereocenters. The van der Waals surface area contributed by atoms with Gasteiger partial charge in [-0.15, -0.1) is 0 Å². The molecular formula is C14H18N2O3. The third-order valence-electron chi connectivity index (χ3n) is 3.03. The molecule has 2 aromatic rings. The lowest BCUT2D eigenvalue weighted by Crippen LogP contribution is -1.98. The van der Waals surface area contributed by atoms with Crippen LogP contribution in [0.2, 0.25) is 0 Å². The Kier molecular flexibility index (Phi) is 4.06. The van der Waals surface area contributed by atoms with E-state index in [1.54, 1.807) is 14.2 Å². The van der Waals surface area contributed by atoms with E-state index in [1.165, 1.54) is 0 Å². The molecule has 1 heterocycles. The first-order chi connectivity index (χ1) is 9.17. The monoisotopic (exact) mass is 262 g/mol. The summed E-state index contributed by atoms with van der Waals surface area (Å²) in [5, 5.41) is 3.99. The predicted molar refractivity (Wildman–Crippen MR) is 73.2 cm³/mol. The number of hydrogen-bond acceptors (Lipinski definition) is 5. The lowest BCUT2D eigenvalue weighted by molar-refractivity contribution is 0.200. The first-order valence-corrected chi connectivity index (χ1v) is 6.05. The fourth-order valence-corrected chi connectivity index (χ4v) is 1.99. The molecular weight excluding hydrogens is 244 g/mol. The molecule has 5 nitrogen and oxygen atoms in total. The quantitative estimate of drug-likeness (QED) is 0.896. The first kappa shape index (κ1) is 13.4. The van der Waals surface area contributed by atoms with Crippen molar-refractivity contribution in [2.45, 2.75) is 13.3 Å². The molecule has 0 aliphatic carbocycles. The summed E-state index contributed by atoms with van der Waals surface area (Å²) < 4.78 is 15.5. The van der Waals surface area contributed by atoms with E-state index in [9.17, 15) is 0 Å². The van der Waals surface area contributed by atoms with Gasteiger partial charge in [0.1, 0.15) is 5.75 Å². The van der Waals surface area contributed by atoms with Crippen LogP contribution >= 0.6 is 0 Å². The van der Waals surface area contributed by atoms with Crippen molar-refractivity contribution in [3.63, 3.8) is 0 Å². The zero-order valence-electron chi connectivity index (χ0n) is 11.4. The van der Waals surface area contributed by atoms with Gasteiger partial charge in [-0.3, -0.25) is 0 Å². The largest absolute Gasteiger partial charge is 0.496 e. The Morgan fingerprint density at radius 3 is 2.79 bits per heavy atom. The highest BCUT2D eigenvalue weighted by molar-refractivity contribution is 5.76. The average Bonchev–Trinajstić information content (AvgIpc) is 2.78. The third-order valence-corrected chi connectivity index (χ3v) is 3.03. The number of nitrogens with zero attached hydrogens (tertiary/aromatic N) is 1. The van der Waals surface area contributed by atoms with E-state index in [1.807, 2.05) is 25.1 Å². The van der Waals surface area contributed by atoms with Crippen molar-refractivity contribution in [3.8, 4) is 16.9 Å². The maximum Gasteiger partial charge on any atom is 0.230 e. The number of anilines is 1. The molecule has 0 amide bonds. The van der Waals surface area contributed by atoms with Gasteiger partial charge in [-0.05, 0) is 24.1 Å². The van der Waals surface area contributed by atoms with Crippen LogP contribution in [0, 0.1) is 6.92 Å². The number of aromatic nitrogens is 1. The fourth-order valence-electron chi connectivity index (χ4n) is 1.99. The van der Waals surface area contributed by atoms with Crippen LogP contribution in [0.15, 0.2) is 22.7 Å². The maximum absolute atomic E-state index is 5.86. The second-order valence-electron chi connectivity index (χ2n) is 4.30. The van der Waals surface area contributed by atoms with Crippen molar-refractivity contribution < 1.29 is 14.0 Å². The van der Waals surface area contributed by atoms with Crippen molar-refractivity contribution in [2.75, 3.05) is 26.6 Å². The summed E-state index contributed by atoms with van der Waals surface area (Å²) in [7, 11) is 3.30. The number of aryl methyl sites for hydroxylation is 1. The molecule has 0 radical (unpaired) electrons. The molecule has 2 rings (SSSR count). The summed E-state index contributed by atoms with van der Waals surface area (Å²) in [5.41, 5.74) is 9.48. The zero-order valence-corrected chi connectivity index (χ0v) is 11.4. The Morgan fingerprint density at radius 2 is 2.11 bits per heavy atom. The molecule has 0 spiro atoms. The van der Waals surface area contributed by atoms with Crippen LogP contribution in [-0.4, -0.2) is 26.0 Å². The highest BCUT2D eigenvalue weighted by atomic mass is 16.5. The number of nitrogen functional groups attached to an aromatic ring is 1. The maximum atomic E-state index is 5.86. The highest BCUT2D eigenvalue weighted by Gasteiger charge is 2.16. The van der Waals surface area contributed by atoms with Crippen molar-refractivity contribution >= 4 is 5.88 Å². The molecule has 0 bridgehead atoms. The molecule has 5 heteroatoms. The Labute approximate surface area is 112 Å². The molecule has 0 unspecified atom stereocenters. The normalized spacial score (nSPS) is 10.7. The van der Waals surface area contributed by atoms with E-state index in [2.05, 4.69) is 5.16 Å². The Hall–Kier alpha value is -2.01. The number of benzene rings is 1.